The summed E-state index contributed by atoms with van der Waals surface area (Å²) in [5.41, 5.74) is 3.39. The van der Waals surface area contributed by atoms with E-state index in [9.17, 15) is 4.79 Å². The summed E-state index contributed by atoms with van der Waals surface area (Å²) < 4.78 is 0. The van der Waals surface area contributed by atoms with Gasteiger partial charge in [-0.2, -0.15) is 0 Å². The molecule has 2 rings (SSSR count). The van der Waals surface area contributed by atoms with Gasteiger partial charge in [0.05, 0.1) is 0 Å². The molecule has 0 unspecified atom stereocenters. The van der Waals surface area contributed by atoms with Crippen molar-refractivity contribution in [3.8, 4) is 0 Å². The first-order chi connectivity index (χ1) is 8.15. The fourth-order valence-corrected chi connectivity index (χ4v) is 1.64. The van der Waals surface area contributed by atoms with E-state index in [4.69, 9.17) is 0 Å². The second kappa shape index (κ2) is 4.83. The number of hydrogen-bond acceptors (Lipinski definition) is 1. The zero-order valence-electron chi connectivity index (χ0n) is 9.73. The molecule has 2 aromatic carbocycles. The number of benzene rings is 2. The summed E-state index contributed by atoms with van der Waals surface area (Å²) in [6.45, 7) is 5.80. The topological polar surface area (TPSA) is 29.1 Å². The van der Waals surface area contributed by atoms with Crippen molar-refractivity contribution in [2.24, 2.45) is 0 Å². The number of carbonyl (C=O) groups is 1. The van der Waals surface area contributed by atoms with Crippen LogP contribution >= 0.6 is 0 Å². The molecular weight excluding hydrogens is 210 g/mol. The summed E-state index contributed by atoms with van der Waals surface area (Å²) in [6, 6.07) is 15.0. The van der Waals surface area contributed by atoms with Crippen molar-refractivity contribution >= 4 is 11.6 Å². The van der Waals surface area contributed by atoms with Crippen LogP contribution in [0.2, 0.25) is 0 Å². The van der Waals surface area contributed by atoms with Crippen LogP contribution in [-0.2, 0) is 0 Å². The van der Waals surface area contributed by atoms with Gasteiger partial charge in [0.2, 0.25) is 0 Å². The molecule has 1 amide bonds. The molecular formula is C15H14NO. The van der Waals surface area contributed by atoms with Crippen LogP contribution in [0, 0.1) is 13.8 Å². The van der Waals surface area contributed by atoms with Gasteiger partial charge in [-0.1, -0.05) is 24.3 Å². The maximum absolute atomic E-state index is 11.9. The summed E-state index contributed by atoms with van der Waals surface area (Å²) in [6.07, 6.45) is 0. The largest absolute Gasteiger partial charge is 0.322 e. The molecule has 0 aliphatic rings. The van der Waals surface area contributed by atoms with E-state index < -0.39 is 0 Å². The first-order valence-electron chi connectivity index (χ1n) is 5.45. The van der Waals surface area contributed by atoms with Gasteiger partial charge in [0.15, 0.2) is 0 Å². The van der Waals surface area contributed by atoms with E-state index in [0.29, 0.717) is 5.56 Å². The van der Waals surface area contributed by atoms with E-state index in [1.165, 1.54) is 0 Å². The van der Waals surface area contributed by atoms with Gasteiger partial charge in [0, 0.05) is 11.3 Å². The molecule has 1 radical (unpaired) electrons. The summed E-state index contributed by atoms with van der Waals surface area (Å²) in [5.74, 6) is -0.110. The number of nitrogens with one attached hydrogen (secondary N) is 1. The molecule has 0 saturated heterocycles. The lowest BCUT2D eigenvalue weighted by atomic mass is 10.1. The minimum atomic E-state index is -0.110. The Morgan fingerprint density at radius 2 is 1.88 bits per heavy atom. The molecule has 0 fully saturated rings. The maximum atomic E-state index is 11.9. The number of aryl methyl sites for hydroxylation is 1. The number of amides is 1. The minimum Gasteiger partial charge on any atom is -0.322 e. The van der Waals surface area contributed by atoms with Gasteiger partial charge >= 0.3 is 0 Å². The summed E-state index contributed by atoms with van der Waals surface area (Å²) in [7, 11) is 0. The molecule has 0 aromatic heterocycles. The van der Waals surface area contributed by atoms with Crippen molar-refractivity contribution in [3.05, 3.63) is 72.1 Å². The Morgan fingerprint density at radius 3 is 2.59 bits per heavy atom. The zero-order valence-corrected chi connectivity index (χ0v) is 9.73. The smallest absolute Gasteiger partial charge is 0.255 e. The van der Waals surface area contributed by atoms with Crippen molar-refractivity contribution < 1.29 is 4.79 Å². The molecule has 0 spiro atoms. The number of carbonyl (C=O) groups excluding carboxylic acids is 1. The van der Waals surface area contributed by atoms with Crippen LogP contribution in [-0.4, -0.2) is 5.91 Å². The highest BCUT2D eigenvalue weighted by Gasteiger charge is 2.05. The van der Waals surface area contributed by atoms with Gasteiger partial charge in [-0.05, 0) is 49.2 Å². The van der Waals surface area contributed by atoms with Crippen molar-refractivity contribution in [1.29, 1.82) is 0 Å². The van der Waals surface area contributed by atoms with E-state index in [1.54, 1.807) is 12.1 Å². The van der Waals surface area contributed by atoms with Crippen molar-refractivity contribution in [2.75, 3.05) is 5.32 Å². The molecule has 85 valence electrons. The second-order valence-corrected chi connectivity index (χ2v) is 4.02. The van der Waals surface area contributed by atoms with Crippen LogP contribution in [0.25, 0.3) is 0 Å². The monoisotopic (exact) mass is 224 g/mol. The van der Waals surface area contributed by atoms with Crippen LogP contribution < -0.4 is 5.32 Å². The Kier molecular flexibility index (Phi) is 3.24. The van der Waals surface area contributed by atoms with Crippen molar-refractivity contribution in [1.82, 2.24) is 0 Å². The average molecular weight is 224 g/mol. The molecule has 0 bridgehead atoms. The fourth-order valence-electron chi connectivity index (χ4n) is 1.64. The van der Waals surface area contributed by atoms with E-state index in [1.807, 2.05) is 43.3 Å². The second-order valence-electron chi connectivity index (χ2n) is 4.02. The molecule has 2 aromatic rings. The van der Waals surface area contributed by atoms with Crippen molar-refractivity contribution in [3.63, 3.8) is 0 Å². The molecule has 2 nitrogen and oxygen atoms in total. The summed E-state index contributed by atoms with van der Waals surface area (Å²) in [5, 5.41) is 2.86. The SMILES string of the molecule is [CH2]c1cccc(C(=O)Nc2cccc(C)c2)c1. The number of hydrogen-bond donors (Lipinski definition) is 1. The fraction of sp³-hybridized carbons (Fsp3) is 0.0667. The Bertz CT molecular complexity index is 546. The van der Waals surface area contributed by atoms with Crippen LogP contribution in [0.1, 0.15) is 21.5 Å². The van der Waals surface area contributed by atoms with E-state index >= 15 is 0 Å². The predicted molar refractivity (Wildman–Crippen MR) is 70.0 cm³/mol. The molecule has 0 saturated carbocycles. The highest BCUT2D eigenvalue weighted by molar-refractivity contribution is 6.04. The van der Waals surface area contributed by atoms with Crippen LogP contribution in [0.5, 0.6) is 0 Å². The zero-order chi connectivity index (χ0) is 12.3. The first-order valence-corrected chi connectivity index (χ1v) is 5.45. The molecule has 1 N–H and O–H groups in total. The quantitative estimate of drug-likeness (QED) is 0.832. The standard InChI is InChI=1S/C15H14NO/c1-11-5-3-7-13(9-11)15(17)16-14-8-4-6-12(2)10-14/h3-10H,1H2,2H3,(H,16,17). The van der Waals surface area contributed by atoms with Gasteiger partial charge in [0.25, 0.3) is 5.91 Å². The molecule has 0 heterocycles. The third-order valence-electron chi connectivity index (χ3n) is 2.47. The lowest BCUT2D eigenvalue weighted by Gasteiger charge is -2.06. The number of anilines is 1. The molecule has 0 atom stereocenters. The molecule has 0 aliphatic carbocycles. The van der Waals surface area contributed by atoms with Crippen molar-refractivity contribution in [2.45, 2.75) is 6.92 Å². The van der Waals surface area contributed by atoms with Crippen LogP contribution in [0.3, 0.4) is 0 Å². The number of rotatable bonds is 2. The van der Waals surface area contributed by atoms with E-state index in [2.05, 4.69) is 12.2 Å². The lowest BCUT2D eigenvalue weighted by Crippen LogP contribution is -2.11. The highest BCUT2D eigenvalue weighted by Crippen LogP contribution is 2.12. The van der Waals surface area contributed by atoms with Gasteiger partial charge in [0.1, 0.15) is 0 Å². The van der Waals surface area contributed by atoms with E-state index in [-0.39, 0.29) is 5.91 Å². The Hall–Kier alpha value is -2.09. The van der Waals surface area contributed by atoms with Gasteiger partial charge in [-0.3, -0.25) is 4.79 Å². The normalized spacial score (nSPS) is 10.0. The summed E-state index contributed by atoms with van der Waals surface area (Å²) >= 11 is 0. The van der Waals surface area contributed by atoms with E-state index in [0.717, 1.165) is 16.8 Å². The first kappa shape index (κ1) is 11.4. The Morgan fingerprint density at radius 1 is 1.12 bits per heavy atom. The van der Waals surface area contributed by atoms with Crippen LogP contribution in [0.15, 0.2) is 48.5 Å². The molecule has 0 aliphatic heterocycles. The maximum Gasteiger partial charge on any atom is 0.255 e. The van der Waals surface area contributed by atoms with Gasteiger partial charge < -0.3 is 5.32 Å². The minimum absolute atomic E-state index is 0.110. The summed E-state index contributed by atoms with van der Waals surface area (Å²) in [4.78, 5) is 11.9. The Balaban J connectivity index is 2.17. The molecule has 17 heavy (non-hydrogen) atoms. The lowest BCUT2D eigenvalue weighted by molar-refractivity contribution is 0.102. The highest BCUT2D eigenvalue weighted by atomic mass is 16.1. The Labute approximate surface area is 101 Å². The molecule has 2 heteroatoms. The van der Waals surface area contributed by atoms with Crippen LogP contribution in [0.4, 0.5) is 5.69 Å². The van der Waals surface area contributed by atoms with Gasteiger partial charge in [-0.15, -0.1) is 0 Å². The average Bonchev–Trinajstić information content (AvgIpc) is 2.29. The third kappa shape index (κ3) is 2.94. The third-order valence-corrected chi connectivity index (χ3v) is 2.47. The van der Waals surface area contributed by atoms with Gasteiger partial charge in [-0.25, -0.2) is 0 Å². The predicted octanol–water partition coefficient (Wildman–Crippen LogP) is 3.43.